The maximum atomic E-state index is 12.8. The molecule has 2 saturated heterocycles. The molecule has 0 spiro atoms. The van der Waals surface area contributed by atoms with Gasteiger partial charge in [-0.25, -0.2) is 0 Å². The fourth-order valence-corrected chi connectivity index (χ4v) is 3.73. The number of ether oxygens (including phenoxy) is 1. The maximum Gasteiger partial charge on any atom is 0.253 e. The Hall–Kier alpha value is -2.71. The third-order valence-electron chi connectivity index (χ3n) is 5.49. The molecule has 2 aliphatic heterocycles. The lowest BCUT2D eigenvalue weighted by molar-refractivity contribution is -0.134. The Kier molecular flexibility index (Phi) is 6.21. The van der Waals surface area contributed by atoms with Crippen molar-refractivity contribution in [2.75, 3.05) is 59.0 Å². The van der Waals surface area contributed by atoms with Crippen molar-refractivity contribution in [3.8, 4) is 0 Å². The first-order chi connectivity index (χ1) is 14.2. The van der Waals surface area contributed by atoms with E-state index < -0.39 is 0 Å². The topological polar surface area (TPSA) is 70.9 Å². The quantitative estimate of drug-likeness (QED) is 0.737. The van der Waals surface area contributed by atoms with Crippen molar-refractivity contribution in [2.24, 2.45) is 0 Å². The molecule has 29 heavy (non-hydrogen) atoms. The largest absolute Gasteiger partial charge is 0.379 e. The highest BCUT2D eigenvalue weighted by molar-refractivity contribution is 5.94. The molecule has 2 aliphatic rings. The fourth-order valence-electron chi connectivity index (χ4n) is 3.73. The summed E-state index contributed by atoms with van der Waals surface area (Å²) in [5.41, 5.74) is 1.78. The van der Waals surface area contributed by atoms with Gasteiger partial charge in [0.15, 0.2) is 0 Å². The number of morpholine rings is 1. The lowest BCUT2D eigenvalue weighted by Gasteiger charge is -2.36. The van der Waals surface area contributed by atoms with Crippen LogP contribution in [0.2, 0.25) is 0 Å². The van der Waals surface area contributed by atoms with Gasteiger partial charge in [-0.05, 0) is 23.8 Å². The van der Waals surface area contributed by atoms with Crippen molar-refractivity contribution in [1.82, 2.24) is 24.5 Å². The lowest BCUT2D eigenvalue weighted by Crippen LogP contribution is -2.53. The Morgan fingerprint density at radius 2 is 1.62 bits per heavy atom. The van der Waals surface area contributed by atoms with Gasteiger partial charge in [-0.3, -0.25) is 19.2 Å². The number of benzene rings is 1. The van der Waals surface area contributed by atoms with Crippen molar-refractivity contribution in [3.05, 3.63) is 53.9 Å². The van der Waals surface area contributed by atoms with Crippen LogP contribution in [0.25, 0.3) is 0 Å². The minimum Gasteiger partial charge on any atom is -0.379 e. The van der Waals surface area contributed by atoms with Crippen LogP contribution in [0.15, 0.2) is 42.7 Å². The summed E-state index contributed by atoms with van der Waals surface area (Å²) in [5.74, 6) is 0.165. The maximum absolute atomic E-state index is 12.8. The van der Waals surface area contributed by atoms with E-state index in [1.54, 1.807) is 6.20 Å². The molecule has 0 radical (unpaired) electrons. The van der Waals surface area contributed by atoms with Gasteiger partial charge in [-0.2, -0.15) is 5.10 Å². The van der Waals surface area contributed by atoms with Crippen LogP contribution in [0.4, 0.5) is 0 Å². The van der Waals surface area contributed by atoms with Crippen LogP contribution >= 0.6 is 0 Å². The minimum absolute atomic E-state index is 0.0240. The molecule has 1 aromatic heterocycles. The van der Waals surface area contributed by atoms with E-state index in [4.69, 9.17) is 4.74 Å². The molecule has 4 rings (SSSR count). The fraction of sp³-hybridized carbons (Fsp3) is 0.476. The molecular formula is C21H27N5O3. The standard InChI is InChI=1S/C21H27N5O3/c27-20(17-23-12-14-29-15-13-23)24-8-10-25(11-9-24)21(28)19-4-2-18(3-5-19)16-26-7-1-6-22-26/h1-7H,8-17H2. The number of nitrogens with zero attached hydrogens (tertiary/aromatic N) is 5. The Bertz CT molecular complexity index is 807. The van der Waals surface area contributed by atoms with E-state index in [1.165, 1.54) is 0 Å². The minimum atomic E-state index is 0.0240. The second-order valence-electron chi connectivity index (χ2n) is 7.46. The van der Waals surface area contributed by atoms with Crippen molar-refractivity contribution in [1.29, 1.82) is 0 Å². The summed E-state index contributed by atoms with van der Waals surface area (Å²) in [6, 6.07) is 9.57. The van der Waals surface area contributed by atoms with Crippen LogP contribution < -0.4 is 0 Å². The lowest BCUT2D eigenvalue weighted by atomic mass is 10.1. The van der Waals surface area contributed by atoms with Crippen molar-refractivity contribution in [2.45, 2.75) is 6.54 Å². The highest BCUT2D eigenvalue weighted by atomic mass is 16.5. The first-order valence-corrected chi connectivity index (χ1v) is 10.1. The second kappa shape index (κ2) is 9.19. The molecule has 154 valence electrons. The molecule has 0 aliphatic carbocycles. The number of piperazine rings is 1. The molecule has 2 aromatic rings. The molecule has 0 saturated carbocycles. The smallest absolute Gasteiger partial charge is 0.253 e. The molecule has 3 heterocycles. The van der Waals surface area contributed by atoms with E-state index in [2.05, 4.69) is 10.00 Å². The summed E-state index contributed by atoms with van der Waals surface area (Å²) in [4.78, 5) is 31.2. The average molecular weight is 397 g/mol. The summed E-state index contributed by atoms with van der Waals surface area (Å²) in [7, 11) is 0. The summed E-state index contributed by atoms with van der Waals surface area (Å²) in [6.45, 7) is 6.44. The summed E-state index contributed by atoms with van der Waals surface area (Å²) >= 11 is 0. The summed E-state index contributed by atoms with van der Waals surface area (Å²) in [5, 5.41) is 4.20. The highest BCUT2D eigenvalue weighted by Crippen LogP contribution is 2.12. The second-order valence-corrected chi connectivity index (χ2v) is 7.46. The number of amides is 2. The Labute approximate surface area is 170 Å². The third-order valence-corrected chi connectivity index (χ3v) is 5.49. The van der Waals surface area contributed by atoms with Gasteiger partial charge in [0.1, 0.15) is 0 Å². The number of hydrogen-bond acceptors (Lipinski definition) is 5. The summed E-state index contributed by atoms with van der Waals surface area (Å²) < 4.78 is 7.18. The third kappa shape index (κ3) is 5.02. The van der Waals surface area contributed by atoms with Gasteiger partial charge in [-0.1, -0.05) is 12.1 Å². The SMILES string of the molecule is O=C(CN1CCOCC1)N1CCN(C(=O)c2ccc(Cn3cccn3)cc2)CC1. The van der Waals surface area contributed by atoms with E-state index in [-0.39, 0.29) is 11.8 Å². The van der Waals surface area contributed by atoms with Gasteiger partial charge in [0.25, 0.3) is 5.91 Å². The van der Waals surface area contributed by atoms with Crippen LogP contribution in [-0.4, -0.2) is 95.3 Å². The van der Waals surface area contributed by atoms with Crippen LogP contribution in [0.5, 0.6) is 0 Å². The van der Waals surface area contributed by atoms with E-state index >= 15 is 0 Å². The van der Waals surface area contributed by atoms with Crippen LogP contribution in [0.1, 0.15) is 15.9 Å². The predicted molar refractivity (Wildman–Crippen MR) is 108 cm³/mol. The van der Waals surface area contributed by atoms with Gasteiger partial charge < -0.3 is 14.5 Å². The zero-order valence-electron chi connectivity index (χ0n) is 16.6. The van der Waals surface area contributed by atoms with Gasteiger partial charge >= 0.3 is 0 Å². The van der Waals surface area contributed by atoms with Crippen molar-refractivity contribution < 1.29 is 14.3 Å². The molecule has 8 heteroatoms. The molecule has 2 fully saturated rings. The molecular weight excluding hydrogens is 370 g/mol. The average Bonchev–Trinajstić information content (AvgIpc) is 3.28. The monoisotopic (exact) mass is 397 g/mol. The van der Waals surface area contributed by atoms with Crippen LogP contribution in [0, 0.1) is 0 Å². The first-order valence-electron chi connectivity index (χ1n) is 10.1. The Morgan fingerprint density at radius 1 is 0.931 bits per heavy atom. The molecule has 1 aromatic carbocycles. The molecule has 0 bridgehead atoms. The van der Waals surface area contributed by atoms with Crippen LogP contribution in [-0.2, 0) is 16.1 Å². The first kappa shape index (κ1) is 19.6. The number of rotatable bonds is 5. The predicted octanol–water partition coefficient (Wildman–Crippen LogP) is 0.548. The summed E-state index contributed by atoms with van der Waals surface area (Å²) in [6.07, 6.45) is 3.67. The molecule has 8 nitrogen and oxygen atoms in total. The van der Waals surface area contributed by atoms with Crippen molar-refractivity contribution in [3.63, 3.8) is 0 Å². The highest BCUT2D eigenvalue weighted by Gasteiger charge is 2.26. The molecule has 0 N–H and O–H groups in total. The van der Waals surface area contributed by atoms with E-state index in [0.29, 0.717) is 58.0 Å². The zero-order valence-corrected chi connectivity index (χ0v) is 16.6. The van der Waals surface area contributed by atoms with Gasteiger partial charge in [0.2, 0.25) is 5.91 Å². The normalized spacial score (nSPS) is 18.1. The molecule has 0 unspecified atom stereocenters. The van der Waals surface area contributed by atoms with E-state index in [9.17, 15) is 9.59 Å². The van der Waals surface area contributed by atoms with E-state index in [0.717, 1.165) is 18.7 Å². The van der Waals surface area contributed by atoms with Gasteiger partial charge in [0, 0.05) is 57.2 Å². The number of hydrogen-bond donors (Lipinski definition) is 0. The number of carbonyl (C=O) groups excluding carboxylic acids is 2. The Morgan fingerprint density at radius 3 is 2.28 bits per heavy atom. The number of carbonyl (C=O) groups is 2. The number of aromatic nitrogens is 2. The molecule has 2 amide bonds. The Balaban J connectivity index is 1.26. The van der Waals surface area contributed by atoms with Gasteiger partial charge in [0.05, 0.1) is 26.3 Å². The van der Waals surface area contributed by atoms with Crippen LogP contribution in [0.3, 0.4) is 0 Å². The van der Waals surface area contributed by atoms with Gasteiger partial charge in [-0.15, -0.1) is 0 Å². The van der Waals surface area contributed by atoms with E-state index in [1.807, 2.05) is 51.0 Å². The zero-order chi connectivity index (χ0) is 20.1. The van der Waals surface area contributed by atoms with Crippen molar-refractivity contribution >= 4 is 11.8 Å². The molecule has 0 atom stereocenters.